The van der Waals surface area contributed by atoms with Gasteiger partial charge in [-0.15, -0.1) is 0 Å². The van der Waals surface area contributed by atoms with Gasteiger partial charge in [0.15, 0.2) is 0 Å². The number of aliphatic carboxylic acids is 1. The van der Waals surface area contributed by atoms with Crippen LogP contribution in [0.3, 0.4) is 0 Å². The van der Waals surface area contributed by atoms with Crippen LogP contribution in [-0.4, -0.2) is 65.8 Å². The molecule has 0 bridgehead atoms. The first-order chi connectivity index (χ1) is 8.97. The highest BCUT2D eigenvalue weighted by Gasteiger charge is 2.24. The van der Waals surface area contributed by atoms with E-state index in [4.69, 9.17) is 9.84 Å². The van der Waals surface area contributed by atoms with E-state index >= 15 is 0 Å². The Hall–Kier alpha value is -1.30. The summed E-state index contributed by atoms with van der Waals surface area (Å²) < 4.78 is 5.25. The summed E-state index contributed by atoms with van der Waals surface area (Å²) in [5, 5.41) is 8.81. The van der Waals surface area contributed by atoms with E-state index < -0.39 is 5.97 Å². The molecule has 0 aliphatic carbocycles. The van der Waals surface area contributed by atoms with E-state index in [2.05, 4.69) is 0 Å². The number of carbonyl (C=O) groups excluding carboxylic acids is 1. The third-order valence-electron chi connectivity index (χ3n) is 2.95. The van der Waals surface area contributed by atoms with Crippen molar-refractivity contribution >= 4 is 12.0 Å². The average molecular weight is 274 g/mol. The number of amides is 2. The Morgan fingerprint density at radius 2 is 1.84 bits per heavy atom. The lowest BCUT2D eigenvalue weighted by atomic mass is 10.2. The van der Waals surface area contributed by atoms with Crippen molar-refractivity contribution in [2.24, 2.45) is 0 Å². The maximum atomic E-state index is 12.3. The fraction of sp³-hybridized carbons (Fsp3) is 0.846. The van der Waals surface area contributed by atoms with Crippen molar-refractivity contribution in [3.63, 3.8) is 0 Å². The molecule has 0 aromatic rings. The van der Waals surface area contributed by atoms with Crippen molar-refractivity contribution in [3.8, 4) is 0 Å². The number of carboxylic acid groups (broad SMARTS) is 1. The zero-order valence-corrected chi connectivity index (χ0v) is 12.4. The second-order valence-electron chi connectivity index (χ2n) is 4.29. The van der Waals surface area contributed by atoms with Crippen molar-refractivity contribution in [2.75, 3.05) is 32.8 Å². The summed E-state index contributed by atoms with van der Waals surface area (Å²) in [5.74, 6) is -0.892. The molecule has 0 rings (SSSR count). The molecule has 6 nitrogen and oxygen atoms in total. The van der Waals surface area contributed by atoms with Crippen LogP contribution in [0.15, 0.2) is 0 Å². The number of likely N-dealkylation sites (N-methyl/N-ethyl adjacent to an activating group) is 1. The molecule has 1 unspecified atom stereocenters. The molecule has 0 radical (unpaired) electrons. The van der Waals surface area contributed by atoms with E-state index in [1.165, 1.54) is 0 Å². The van der Waals surface area contributed by atoms with Gasteiger partial charge in [-0.2, -0.15) is 0 Å². The van der Waals surface area contributed by atoms with E-state index in [-0.39, 0.29) is 18.5 Å². The van der Waals surface area contributed by atoms with Gasteiger partial charge in [0.1, 0.15) is 0 Å². The fourth-order valence-corrected chi connectivity index (χ4v) is 1.89. The molecule has 2 amide bonds. The number of carbonyl (C=O) groups is 2. The van der Waals surface area contributed by atoms with Gasteiger partial charge in [-0.25, -0.2) is 4.79 Å². The Morgan fingerprint density at radius 1 is 1.21 bits per heavy atom. The van der Waals surface area contributed by atoms with Gasteiger partial charge in [0.05, 0.1) is 13.0 Å². The summed E-state index contributed by atoms with van der Waals surface area (Å²) in [5.41, 5.74) is 0. The summed E-state index contributed by atoms with van der Waals surface area (Å²) in [6, 6.07) is -0.436. The molecule has 0 spiro atoms. The summed E-state index contributed by atoms with van der Waals surface area (Å²) in [7, 11) is 0. The van der Waals surface area contributed by atoms with Gasteiger partial charge in [-0.1, -0.05) is 0 Å². The average Bonchev–Trinajstić information content (AvgIpc) is 2.34. The normalized spacial score (nSPS) is 12.0. The zero-order valence-electron chi connectivity index (χ0n) is 12.4. The third kappa shape index (κ3) is 6.42. The highest BCUT2D eigenvalue weighted by atomic mass is 16.5. The third-order valence-corrected chi connectivity index (χ3v) is 2.95. The number of hydrogen-bond donors (Lipinski definition) is 1. The minimum atomic E-state index is -0.892. The van der Waals surface area contributed by atoms with Crippen LogP contribution in [-0.2, 0) is 9.53 Å². The monoisotopic (exact) mass is 274 g/mol. The van der Waals surface area contributed by atoms with Gasteiger partial charge in [-0.3, -0.25) is 4.79 Å². The lowest BCUT2D eigenvalue weighted by Gasteiger charge is -2.32. The largest absolute Gasteiger partial charge is 0.481 e. The number of nitrogens with zero attached hydrogens (tertiary/aromatic N) is 2. The molecule has 1 atom stereocenters. The maximum absolute atomic E-state index is 12.3. The van der Waals surface area contributed by atoms with E-state index in [9.17, 15) is 9.59 Å². The molecule has 0 aromatic carbocycles. The minimum Gasteiger partial charge on any atom is -0.481 e. The SMILES string of the molecule is CCOCCN(CC)C(=O)N(CC)C(C)CC(=O)O. The van der Waals surface area contributed by atoms with Crippen LogP contribution in [0.5, 0.6) is 0 Å². The lowest BCUT2D eigenvalue weighted by Crippen LogP contribution is -2.48. The van der Waals surface area contributed by atoms with Gasteiger partial charge < -0.3 is 19.6 Å². The van der Waals surface area contributed by atoms with Crippen LogP contribution >= 0.6 is 0 Å². The lowest BCUT2D eigenvalue weighted by molar-refractivity contribution is -0.138. The number of rotatable bonds is 9. The summed E-state index contributed by atoms with van der Waals surface area (Å²) in [4.78, 5) is 26.3. The number of urea groups is 1. The Balaban J connectivity index is 4.55. The number of carboxylic acids is 1. The van der Waals surface area contributed by atoms with Gasteiger partial charge in [0.25, 0.3) is 0 Å². The van der Waals surface area contributed by atoms with Crippen molar-refractivity contribution in [3.05, 3.63) is 0 Å². The predicted molar refractivity (Wildman–Crippen MR) is 73.2 cm³/mol. The van der Waals surface area contributed by atoms with Gasteiger partial charge in [-0.05, 0) is 27.7 Å². The predicted octanol–water partition coefficient (Wildman–Crippen LogP) is 1.65. The first kappa shape index (κ1) is 17.7. The minimum absolute atomic E-state index is 0.0391. The zero-order chi connectivity index (χ0) is 14.8. The molecule has 0 aromatic heterocycles. The second-order valence-corrected chi connectivity index (χ2v) is 4.29. The Kier molecular flexibility index (Phi) is 8.95. The molecular weight excluding hydrogens is 248 g/mol. The second kappa shape index (κ2) is 9.61. The van der Waals surface area contributed by atoms with Crippen LogP contribution in [0.1, 0.15) is 34.1 Å². The maximum Gasteiger partial charge on any atom is 0.320 e. The quantitative estimate of drug-likeness (QED) is 0.649. The van der Waals surface area contributed by atoms with Crippen LogP contribution in [0, 0.1) is 0 Å². The van der Waals surface area contributed by atoms with Crippen LogP contribution < -0.4 is 0 Å². The summed E-state index contributed by atoms with van der Waals surface area (Å²) >= 11 is 0. The molecule has 0 saturated carbocycles. The highest BCUT2D eigenvalue weighted by molar-refractivity contribution is 5.76. The van der Waals surface area contributed by atoms with Crippen LogP contribution in [0.4, 0.5) is 4.79 Å². The topological polar surface area (TPSA) is 70.1 Å². The number of ether oxygens (including phenoxy) is 1. The van der Waals surface area contributed by atoms with Crippen molar-refractivity contribution in [1.82, 2.24) is 9.80 Å². The molecule has 0 heterocycles. The molecule has 0 aliphatic rings. The molecule has 19 heavy (non-hydrogen) atoms. The van der Waals surface area contributed by atoms with Crippen molar-refractivity contribution < 1.29 is 19.4 Å². The Labute approximate surface area is 115 Å². The van der Waals surface area contributed by atoms with E-state index in [1.54, 1.807) is 16.7 Å². The molecule has 0 saturated heterocycles. The van der Waals surface area contributed by atoms with Gasteiger partial charge >= 0.3 is 12.0 Å². The van der Waals surface area contributed by atoms with Gasteiger partial charge in [0, 0.05) is 32.3 Å². The molecular formula is C13H26N2O4. The van der Waals surface area contributed by atoms with Crippen molar-refractivity contribution in [2.45, 2.75) is 40.2 Å². The van der Waals surface area contributed by atoms with E-state index in [0.29, 0.717) is 32.8 Å². The smallest absolute Gasteiger partial charge is 0.320 e. The summed E-state index contributed by atoms with van der Waals surface area (Å²) in [6.07, 6.45) is -0.0391. The standard InChI is InChI=1S/C13H26N2O4/c1-5-14(8-9-19-7-3)13(18)15(6-2)11(4)10-12(16)17/h11H,5-10H2,1-4H3,(H,16,17). The fourth-order valence-electron chi connectivity index (χ4n) is 1.89. The highest BCUT2D eigenvalue weighted by Crippen LogP contribution is 2.08. The first-order valence-electron chi connectivity index (χ1n) is 6.82. The summed E-state index contributed by atoms with van der Waals surface area (Å²) in [6.45, 7) is 10.2. The molecule has 0 aliphatic heterocycles. The Bertz CT molecular complexity index is 284. The van der Waals surface area contributed by atoms with Crippen LogP contribution in [0.2, 0.25) is 0 Å². The molecule has 0 fully saturated rings. The molecule has 1 N–H and O–H groups in total. The Morgan fingerprint density at radius 3 is 2.26 bits per heavy atom. The van der Waals surface area contributed by atoms with Gasteiger partial charge in [0.2, 0.25) is 0 Å². The number of hydrogen-bond acceptors (Lipinski definition) is 3. The van der Waals surface area contributed by atoms with E-state index in [0.717, 1.165) is 0 Å². The van der Waals surface area contributed by atoms with E-state index in [1.807, 2.05) is 20.8 Å². The van der Waals surface area contributed by atoms with Crippen LogP contribution in [0.25, 0.3) is 0 Å². The molecule has 6 heteroatoms. The first-order valence-corrected chi connectivity index (χ1v) is 6.82. The molecule has 112 valence electrons. The van der Waals surface area contributed by atoms with Crippen molar-refractivity contribution in [1.29, 1.82) is 0 Å².